The summed E-state index contributed by atoms with van der Waals surface area (Å²) in [6.45, 7) is 6.16. The topological polar surface area (TPSA) is 85.2 Å². The van der Waals surface area contributed by atoms with E-state index < -0.39 is 11.7 Å². The Morgan fingerprint density at radius 2 is 2.14 bits per heavy atom. The molecule has 0 atom stereocenters. The van der Waals surface area contributed by atoms with E-state index in [0.29, 0.717) is 6.54 Å². The Kier molecular flexibility index (Phi) is 2.77. The number of amides is 1. The van der Waals surface area contributed by atoms with Crippen LogP contribution in [0.15, 0.2) is 5.10 Å². The second-order valence-electron chi connectivity index (χ2n) is 3.43. The number of carbonyl (C=O) groups is 1. The first-order chi connectivity index (χ1) is 6.41. The zero-order chi connectivity index (χ0) is 10.9. The summed E-state index contributed by atoms with van der Waals surface area (Å²) in [6, 6.07) is 0.0464. The zero-order valence-corrected chi connectivity index (χ0v) is 8.48. The summed E-state index contributed by atoms with van der Waals surface area (Å²) in [5.74, 6) is -3.45. The number of carbonyl (C=O) groups excluding carboxylic acids is 1. The van der Waals surface area contributed by atoms with Gasteiger partial charge in [0.25, 0.3) is 0 Å². The summed E-state index contributed by atoms with van der Waals surface area (Å²) in [4.78, 5) is 12.6. The lowest BCUT2D eigenvalue weighted by atomic mass is 10.2. The van der Waals surface area contributed by atoms with Gasteiger partial charge in [-0.3, -0.25) is 4.79 Å². The fraction of sp³-hybridized carbons (Fsp3) is 0.750. The van der Waals surface area contributed by atoms with E-state index in [9.17, 15) is 15.0 Å². The molecule has 1 aliphatic rings. The number of rotatable bonds is 2. The molecule has 0 aromatic rings. The van der Waals surface area contributed by atoms with Gasteiger partial charge in [-0.1, -0.05) is 0 Å². The minimum Gasteiger partial charge on any atom is -0.352 e. The second-order valence-corrected chi connectivity index (χ2v) is 3.43. The molecular formula is C8H15N3O3. The third kappa shape index (κ3) is 1.58. The van der Waals surface area contributed by atoms with Gasteiger partial charge in [-0.25, -0.2) is 5.43 Å². The van der Waals surface area contributed by atoms with Crippen molar-refractivity contribution in [1.29, 1.82) is 0 Å². The molecule has 0 bridgehead atoms. The predicted octanol–water partition coefficient (Wildman–Crippen LogP) is -1.16. The number of amidine groups is 1. The predicted molar refractivity (Wildman–Crippen MR) is 50.3 cm³/mol. The maximum absolute atomic E-state index is 11.0. The van der Waals surface area contributed by atoms with Crippen LogP contribution in [0.5, 0.6) is 0 Å². The molecule has 0 saturated carbocycles. The van der Waals surface area contributed by atoms with E-state index in [1.165, 1.54) is 0 Å². The molecule has 80 valence electrons. The van der Waals surface area contributed by atoms with Gasteiger partial charge >= 0.3 is 11.7 Å². The summed E-state index contributed by atoms with van der Waals surface area (Å²) >= 11 is 0. The normalized spacial score (nSPS) is 19.6. The van der Waals surface area contributed by atoms with Gasteiger partial charge in [0.2, 0.25) is 0 Å². The van der Waals surface area contributed by atoms with Crippen LogP contribution in [-0.4, -0.2) is 45.2 Å². The molecule has 0 aromatic carbocycles. The van der Waals surface area contributed by atoms with Crippen molar-refractivity contribution < 1.29 is 15.0 Å². The molecule has 6 nitrogen and oxygen atoms in total. The highest BCUT2D eigenvalue weighted by Gasteiger charge is 2.47. The molecule has 1 heterocycles. The van der Waals surface area contributed by atoms with Crippen LogP contribution in [0.3, 0.4) is 0 Å². The largest absolute Gasteiger partial charge is 0.352 e. The molecule has 1 aliphatic heterocycles. The Morgan fingerprint density at radius 3 is 2.43 bits per heavy atom. The zero-order valence-electron chi connectivity index (χ0n) is 8.48. The number of likely N-dealkylation sites (N-methyl/N-ethyl adjacent to an activating group) is 1. The first kappa shape index (κ1) is 10.9. The lowest BCUT2D eigenvalue weighted by Gasteiger charge is -2.30. The molecule has 0 saturated heterocycles. The van der Waals surface area contributed by atoms with Crippen molar-refractivity contribution in [3.05, 3.63) is 0 Å². The number of hydrazone groups is 1. The Balaban J connectivity index is 2.93. The Hall–Kier alpha value is -1.14. The van der Waals surface area contributed by atoms with Crippen molar-refractivity contribution >= 4 is 11.7 Å². The van der Waals surface area contributed by atoms with Crippen molar-refractivity contribution in [2.24, 2.45) is 5.10 Å². The van der Waals surface area contributed by atoms with Crippen LogP contribution < -0.4 is 5.43 Å². The molecule has 0 radical (unpaired) electrons. The van der Waals surface area contributed by atoms with E-state index in [0.717, 1.165) is 0 Å². The molecule has 1 rings (SSSR count). The second kappa shape index (κ2) is 3.55. The van der Waals surface area contributed by atoms with Gasteiger partial charge in [0.15, 0.2) is 5.84 Å². The standard InChI is InChI=1S/C8H15N3O3/c1-4-11(5(2)3)6-8(13,14)7(12)10-9-6/h5,13-14H,4H2,1-3H3,(H,10,12). The molecule has 0 unspecified atom stereocenters. The quantitative estimate of drug-likeness (QED) is 0.492. The summed E-state index contributed by atoms with van der Waals surface area (Å²) in [6.07, 6.45) is 0. The highest BCUT2D eigenvalue weighted by molar-refractivity contribution is 6.12. The SMILES string of the molecule is CCN(C1=NNC(=O)C1(O)O)C(C)C. The summed E-state index contributed by atoms with van der Waals surface area (Å²) < 4.78 is 0. The third-order valence-electron chi connectivity index (χ3n) is 2.13. The van der Waals surface area contributed by atoms with Gasteiger partial charge in [0.1, 0.15) is 0 Å². The lowest BCUT2D eigenvalue weighted by molar-refractivity contribution is -0.160. The Labute approximate surface area is 82.2 Å². The maximum atomic E-state index is 11.0. The molecule has 0 fully saturated rings. The molecule has 0 spiro atoms. The maximum Gasteiger partial charge on any atom is 0.309 e. The van der Waals surface area contributed by atoms with Crippen LogP contribution in [0.4, 0.5) is 0 Å². The van der Waals surface area contributed by atoms with Gasteiger partial charge in [0.05, 0.1) is 0 Å². The first-order valence-corrected chi connectivity index (χ1v) is 4.51. The molecule has 6 heteroatoms. The van der Waals surface area contributed by atoms with Crippen LogP contribution in [0.25, 0.3) is 0 Å². The third-order valence-corrected chi connectivity index (χ3v) is 2.13. The van der Waals surface area contributed by atoms with E-state index in [4.69, 9.17) is 0 Å². The average molecular weight is 201 g/mol. The van der Waals surface area contributed by atoms with Crippen molar-refractivity contribution in [1.82, 2.24) is 10.3 Å². The molecule has 0 aromatic heterocycles. The van der Waals surface area contributed by atoms with Gasteiger partial charge in [0, 0.05) is 12.6 Å². The van der Waals surface area contributed by atoms with E-state index in [1.807, 2.05) is 26.2 Å². The van der Waals surface area contributed by atoms with Crippen LogP contribution in [0, 0.1) is 0 Å². The van der Waals surface area contributed by atoms with Crippen molar-refractivity contribution in [3.8, 4) is 0 Å². The summed E-state index contributed by atoms with van der Waals surface area (Å²) in [7, 11) is 0. The number of nitrogens with one attached hydrogen (secondary N) is 1. The van der Waals surface area contributed by atoms with Crippen molar-refractivity contribution in [3.63, 3.8) is 0 Å². The average Bonchev–Trinajstić information content (AvgIpc) is 2.32. The van der Waals surface area contributed by atoms with E-state index in [-0.39, 0.29) is 11.9 Å². The van der Waals surface area contributed by atoms with Crippen molar-refractivity contribution in [2.75, 3.05) is 6.54 Å². The lowest BCUT2D eigenvalue weighted by Crippen LogP contribution is -2.53. The van der Waals surface area contributed by atoms with E-state index in [1.54, 1.807) is 4.90 Å². The van der Waals surface area contributed by atoms with E-state index in [2.05, 4.69) is 5.10 Å². The van der Waals surface area contributed by atoms with Crippen LogP contribution in [0.1, 0.15) is 20.8 Å². The number of aliphatic hydroxyl groups is 2. The number of nitrogens with zero attached hydrogens (tertiary/aromatic N) is 2. The van der Waals surface area contributed by atoms with Gasteiger partial charge in [-0.2, -0.15) is 5.10 Å². The molecule has 0 aliphatic carbocycles. The minimum atomic E-state index is -2.50. The monoisotopic (exact) mass is 201 g/mol. The highest BCUT2D eigenvalue weighted by atomic mass is 16.5. The molecule has 14 heavy (non-hydrogen) atoms. The highest BCUT2D eigenvalue weighted by Crippen LogP contribution is 2.15. The minimum absolute atomic E-state index is 0.0417. The summed E-state index contributed by atoms with van der Waals surface area (Å²) in [5, 5.41) is 22.5. The van der Waals surface area contributed by atoms with Crippen LogP contribution in [-0.2, 0) is 4.79 Å². The number of hydrogen-bond acceptors (Lipinski definition) is 5. The molecule has 1 amide bonds. The van der Waals surface area contributed by atoms with Crippen molar-refractivity contribution in [2.45, 2.75) is 32.6 Å². The van der Waals surface area contributed by atoms with E-state index >= 15 is 0 Å². The smallest absolute Gasteiger partial charge is 0.309 e. The Morgan fingerprint density at radius 1 is 1.57 bits per heavy atom. The molecular weight excluding hydrogens is 186 g/mol. The van der Waals surface area contributed by atoms with Gasteiger partial charge in [-0.05, 0) is 20.8 Å². The number of hydrogen-bond donors (Lipinski definition) is 3. The fourth-order valence-electron chi connectivity index (χ4n) is 1.39. The van der Waals surface area contributed by atoms with Gasteiger partial charge in [-0.15, -0.1) is 0 Å². The fourth-order valence-corrected chi connectivity index (χ4v) is 1.39. The Bertz CT molecular complexity index is 273. The molecule has 3 N–H and O–H groups in total. The summed E-state index contributed by atoms with van der Waals surface area (Å²) in [5.41, 5.74) is 2.04. The van der Waals surface area contributed by atoms with Crippen LogP contribution in [0.2, 0.25) is 0 Å². The first-order valence-electron chi connectivity index (χ1n) is 4.51. The van der Waals surface area contributed by atoms with Gasteiger partial charge < -0.3 is 15.1 Å². The van der Waals surface area contributed by atoms with Crippen LogP contribution >= 0.6 is 0 Å².